The number of sulfonamides is 1. The third-order valence-corrected chi connectivity index (χ3v) is 4.03. The molecule has 1 heterocycles. The van der Waals surface area contributed by atoms with Crippen molar-refractivity contribution in [1.82, 2.24) is 4.72 Å². The Balaban J connectivity index is 2.85. The van der Waals surface area contributed by atoms with Gasteiger partial charge in [-0.1, -0.05) is 12.1 Å². The Hall–Kier alpha value is -0.870. The molecule has 70 valence electrons. The summed E-state index contributed by atoms with van der Waals surface area (Å²) in [5, 5.41) is 0. The first kappa shape index (κ1) is 8.72. The van der Waals surface area contributed by atoms with Crippen LogP contribution in [-0.2, 0) is 16.6 Å². The topological polar surface area (TPSA) is 46.2 Å². The molecule has 0 spiro atoms. The van der Waals surface area contributed by atoms with Crippen LogP contribution in [-0.4, -0.2) is 8.42 Å². The number of rotatable bonds is 0. The molecular formula is C9H11NO2S. The summed E-state index contributed by atoms with van der Waals surface area (Å²) in [7, 11) is -3.21. The zero-order valence-electron chi connectivity index (χ0n) is 7.59. The maximum absolute atomic E-state index is 11.5. The van der Waals surface area contributed by atoms with Crippen molar-refractivity contribution in [3.8, 4) is 0 Å². The molecule has 1 N–H and O–H groups in total. The Morgan fingerprint density at radius 3 is 2.46 bits per heavy atom. The number of hydrogen-bond donors (Lipinski definition) is 1. The van der Waals surface area contributed by atoms with Crippen molar-refractivity contribution < 1.29 is 8.42 Å². The van der Waals surface area contributed by atoms with Gasteiger partial charge in [-0.2, -0.15) is 0 Å². The van der Waals surface area contributed by atoms with E-state index in [1.165, 1.54) is 0 Å². The number of fused-ring (bicyclic) bond motifs is 1. The van der Waals surface area contributed by atoms with E-state index in [4.69, 9.17) is 0 Å². The lowest BCUT2D eigenvalue weighted by molar-refractivity contribution is 0.589. The van der Waals surface area contributed by atoms with Gasteiger partial charge in [-0.15, -0.1) is 0 Å². The first-order chi connectivity index (χ1) is 6.02. The van der Waals surface area contributed by atoms with Gasteiger partial charge in [0.05, 0.1) is 4.90 Å². The van der Waals surface area contributed by atoms with Crippen molar-refractivity contribution in [3.05, 3.63) is 28.8 Å². The van der Waals surface area contributed by atoms with Crippen molar-refractivity contribution in [2.24, 2.45) is 0 Å². The molecule has 4 heteroatoms. The number of nitrogens with one attached hydrogen (secondary N) is 1. The van der Waals surface area contributed by atoms with Gasteiger partial charge in [-0.25, -0.2) is 13.1 Å². The van der Waals surface area contributed by atoms with E-state index in [-0.39, 0.29) is 0 Å². The summed E-state index contributed by atoms with van der Waals surface area (Å²) in [6, 6.07) is 3.80. The second kappa shape index (κ2) is 2.56. The maximum atomic E-state index is 11.5. The molecule has 1 aromatic rings. The summed E-state index contributed by atoms with van der Waals surface area (Å²) in [4.78, 5) is 0.479. The zero-order valence-corrected chi connectivity index (χ0v) is 8.40. The van der Waals surface area contributed by atoms with E-state index in [0.717, 1.165) is 16.7 Å². The van der Waals surface area contributed by atoms with E-state index in [2.05, 4.69) is 4.72 Å². The van der Waals surface area contributed by atoms with Crippen molar-refractivity contribution in [3.63, 3.8) is 0 Å². The molecule has 1 aliphatic heterocycles. The largest absolute Gasteiger partial charge is 0.241 e. The van der Waals surface area contributed by atoms with E-state index in [1.807, 2.05) is 26.0 Å². The Kier molecular flexibility index (Phi) is 1.72. The van der Waals surface area contributed by atoms with Crippen LogP contribution in [0.2, 0.25) is 0 Å². The van der Waals surface area contributed by atoms with E-state index >= 15 is 0 Å². The second-order valence-corrected chi connectivity index (χ2v) is 5.04. The van der Waals surface area contributed by atoms with Gasteiger partial charge in [0.1, 0.15) is 0 Å². The fourth-order valence-electron chi connectivity index (χ4n) is 1.68. The van der Waals surface area contributed by atoms with Crippen molar-refractivity contribution in [2.75, 3.05) is 0 Å². The highest BCUT2D eigenvalue weighted by molar-refractivity contribution is 7.89. The molecular weight excluding hydrogens is 186 g/mol. The summed E-state index contributed by atoms with van der Waals surface area (Å²) in [6.07, 6.45) is 0. The average Bonchev–Trinajstić information content (AvgIpc) is 2.36. The highest BCUT2D eigenvalue weighted by atomic mass is 32.2. The van der Waals surface area contributed by atoms with Gasteiger partial charge in [0, 0.05) is 6.54 Å². The van der Waals surface area contributed by atoms with Crippen LogP contribution in [0.4, 0.5) is 0 Å². The maximum Gasteiger partial charge on any atom is 0.241 e. The first-order valence-electron chi connectivity index (χ1n) is 4.11. The molecule has 0 atom stereocenters. The van der Waals surface area contributed by atoms with Crippen LogP contribution in [0, 0.1) is 13.8 Å². The number of aryl methyl sites for hydroxylation is 2. The van der Waals surface area contributed by atoms with E-state index in [1.54, 1.807) is 0 Å². The van der Waals surface area contributed by atoms with Gasteiger partial charge in [-0.3, -0.25) is 0 Å². The van der Waals surface area contributed by atoms with Crippen molar-refractivity contribution in [1.29, 1.82) is 0 Å². The van der Waals surface area contributed by atoms with Crippen LogP contribution in [0.5, 0.6) is 0 Å². The number of hydrogen-bond acceptors (Lipinski definition) is 2. The molecule has 0 radical (unpaired) electrons. The van der Waals surface area contributed by atoms with Crippen LogP contribution in [0.25, 0.3) is 0 Å². The molecule has 13 heavy (non-hydrogen) atoms. The fraction of sp³-hybridized carbons (Fsp3) is 0.333. The highest BCUT2D eigenvalue weighted by Crippen LogP contribution is 2.28. The predicted octanol–water partition coefficient (Wildman–Crippen LogP) is 1.10. The summed E-state index contributed by atoms with van der Waals surface area (Å²) < 4.78 is 25.5. The van der Waals surface area contributed by atoms with E-state index in [0.29, 0.717) is 11.4 Å². The molecule has 0 aliphatic carbocycles. The Morgan fingerprint density at radius 1 is 1.23 bits per heavy atom. The molecule has 0 aromatic heterocycles. The smallest absolute Gasteiger partial charge is 0.207 e. The van der Waals surface area contributed by atoms with Crippen LogP contribution < -0.4 is 4.72 Å². The standard InChI is InChI=1S/C9H11NO2S/c1-6-3-4-7(2)9-8(6)5-10-13(9,11)12/h3-4,10H,5H2,1-2H3. The SMILES string of the molecule is Cc1ccc(C)c2c1CNS2(=O)=O. The molecule has 0 amide bonds. The lowest BCUT2D eigenvalue weighted by atomic mass is 10.1. The summed E-state index contributed by atoms with van der Waals surface area (Å²) in [5.74, 6) is 0. The zero-order chi connectivity index (χ0) is 9.64. The monoisotopic (exact) mass is 197 g/mol. The van der Waals surface area contributed by atoms with Crippen LogP contribution in [0.3, 0.4) is 0 Å². The highest BCUT2D eigenvalue weighted by Gasteiger charge is 2.28. The van der Waals surface area contributed by atoms with Crippen molar-refractivity contribution in [2.45, 2.75) is 25.3 Å². The molecule has 0 fully saturated rings. The van der Waals surface area contributed by atoms with Crippen LogP contribution in [0.15, 0.2) is 17.0 Å². The minimum absolute atomic E-state index is 0.436. The predicted molar refractivity (Wildman–Crippen MR) is 49.9 cm³/mol. The summed E-state index contributed by atoms with van der Waals surface area (Å²) >= 11 is 0. The molecule has 3 nitrogen and oxygen atoms in total. The molecule has 2 rings (SSSR count). The van der Waals surface area contributed by atoms with Crippen molar-refractivity contribution >= 4 is 10.0 Å². The molecule has 0 bridgehead atoms. The van der Waals surface area contributed by atoms with Gasteiger partial charge in [0.15, 0.2) is 0 Å². The van der Waals surface area contributed by atoms with E-state index in [9.17, 15) is 8.42 Å². The molecule has 1 aromatic carbocycles. The third-order valence-electron chi connectivity index (χ3n) is 2.40. The summed E-state index contributed by atoms with van der Waals surface area (Å²) in [5.41, 5.74) is 2.78. The van der Waals surface area contributed by atoms with Gasteiger partial charge in [-0.05, 0) is 30.5 Å². The molecule has 0 saturated heterocycles. The van der Waals surface area contributed by atoms with Gasteiger partial charge in [0.2, 0.25) is 10.0 Å². The van der Waals surface area contributed by atoms with Gasteiger partial charge >= 0.3 is 0 Å². The third kappa shape index (κ3) is 1.17. The Morgan fingerprint density at radius 2 is 1.85 bits per heavy atom. The minimum atomic E-state index is -3.21. The Labute approximate surface area is 77.8 Å². The molecule has 0 unspecified atom stereocenters. The van der Waals surface area contributed by atoms with Gasteiger partial charge < -0.3 is 0 Å². The van der Waals surface area contributed by atoms with E-state index < -0.39 is 10.0 Å². The first-order valence-corrected chi connectivity index (χ1v) is 5.59. The van der Waals surface area contributed by atoms with Crippen LogP contribution in [0.1, 0.15) is 16.7 Å². The molecule has 1 aliphatic rings. The fourth-order valence-corrected chi connectivity index (χ4v) is 3.20. The number of benzene rings is 1. The minimum Gasteiger partial charge on any atom is -0.207 e. The second-order valence-electron chi connectivity index (χ2n) is 3.33. The summed E-state index contributed by atoms with van der Waals surface area (Å²) in [6.45, 7) is 4.19. The quantitative estimate of drug-likeness (QED) is 0.677. The van der Waals surface area contributed by atoms with Gasteiger partial charge in [0.25, 0.3) is 0 Å². The molecule has 0 saturated carbocycles. The lowest BCUT2D eigenvalue weighted by Crippen LogP contribution is -2.14. The average molecular weight is 197 g/mol. The van der Waals surface area contributed by atoms with Crippen LogP contribution >= 0.6 is 0 Å². The normalized spacial score (nSPS) is 18.6. The Bertz CT molecular complexity index is 463. The lowest BCUT2D eigenvalue weighted by Gasteiger charge is -2.04.